The molecule has 0 bridgehead atoms. The minimum absolute atomic E-state index is 0.0963. The zero-order chi connectivity index (χ0) is 18.8. The number of hydrogen-bond acceptors (Lipinski definition) is 4. The van der Waals surface area contributed by atoms with Crippen molar-refractivity contribution in [1.82, 2.24) is 0 Å². The molecule has 0 aliphatic heterocycles. The van der Waals surface area contributed by atoms with Gasteiger partial charge in [0.1, 0.15) is 11.3 Å². The maximum absolute atomic E-state index is 13.1. The third-order valence-corrected chi connectivity index (χ3v) is 4.67. The van der Waals surface area contributed by atoms with Crippen molar-refractivity contribution in [3.05, 3.63) is 80.2 Å². The number of nitriles is 1. The van der Waals surface area contributed by atoms with Crippen LogP contribution in [0.25, 0.3) is 11.0 Å². The second-order valence-electron chi connectivity index (χ2n) is 6.67. The summed E-state index contributed by atoms with van der Waals surface area (Å²) in [5, 5.41) is 10.1. The van der Waals surface area contributed by atoms with Gasteiger partial charge in [-0.25, -0.2) is 0 Å². The summed E-state index contributed by atoms with van der Waals surface area (Å²) < 4.78 is 6.03. The van der Waals surface area contributed by atoms with Gasteiger partial charge in [-0.2, -0.15) is 5.26 Å². The highest BCUT2D eigenvalue weighted by atomic mass is 35.5. The Hall–Kier alpha value is -2.61. The number of rotatable bonds is 4. The van der Waals surface area contributed by atoms with Crippen molar-refractivity contribution in [2.24, 2.45) is 11.7 Å². The Bertz CT molecular complexity index is 1060. The standard InChI is InChI=1S/C21H19ClN2O2/c1-12(2)19(24)21-17(9-13-4-3-5-14(8-13)11-23)20(25)16-7-6-15(22)10-18(16)26-21/h3-8,10,12,19H,9,24H2,1-2H3. The minimum atomic E-state index is -0.416. The van der Waals surface area contributed by atoms with Gasteiger partial charge in [0.2, 0.25) is 0 Å². The Morgan fingerprint density at radius 3 is 2.69 bits per heavy atom. The molecule has 0 fully saturated rings. The first-order chi connectivity index (χ1) is 12.4. The lowest BCUT2D eigenvalue weighted by molar-refractivity contribution is 0.406. The van der Waals surface area contributed by atoms with Crippen molar-refractivity contribution in [3.63, 3.8) is 0 Å². The molecule has 0 saturated heterocycles. The van der Waals surface area contributed by atoms with Crippen LogP contribution in [-0.4, -0.2) is 0 Å². The monoisotopic (exact) mass is 366 g/mol. The highest BCUT2D eigenvalue weighted by Crippen LogP contribution is 2.27. The molecule has 2 N–H and O–H groups in total. The second kappa shape index (κ2) is 7.33. The molecule has 3 aromatic rings. The molecule has 0 aliphatic carbocycles. The lowest BCUT2D eigenvalue weighted by atomic mass is 9.94. The largest absolute Gasteiger partial charge is 0.459 e. The smallest absolute Gasteiger partial charge is 0.196 e. The number of hydrogen-bond donors (Lipinski definition) is 1. The number of benzene rings is 2. The van der Waals surface area contributed by atoms with Gasteiger partial charge < -0.3 is 10.2 Å². The van der Waals surface area contributed by atoms with E-state index in [1.165, 1.54) is 0 Å². The molecule has 0 radical (unpaired) electrons. The van der Waals surface area contributed by atoms with Crippen LogP contribution in [0.2, 0.25) is 5.02 Å². The molecule has 0 spiro atoms. The van der Waals surface area contributed by atoms with Gasteiger partial charge in [0, 0.05) is 23.1 Å². The summed E-state index contributed by atoms with van der Waals surface area (Å²) in [6.07, 6.45) is 0.353. The van der Waals surface area contributed by atoms with Crippen molar-refractivity contribution in [2.75, 3.05) is 0 Å². The maximum atomic E-state index is 13.1. The molecule has 4 nitrogen and oxygen atoms in total. The van der Waals surface area contributed by atoms with Crippen molar-refractivity contribution in [3.8, 4) is 6.07 Å². The molecule has 132 valence electrons. The Morgan fingerprint density at radius 2 is 2.00 bits per heavy atom. The van der Waals surface area contributed by atoms with Gasteiger partial charge >= 0.3 is 0 Å². The van der Waals surface area contributed by atoms with Crippen LogP contribution in [0.4, 0.5) is 0 Å². The predicted octanol–water partition coefficient (Wildman–Crippen LogP) is 4.56. The van der Waals surface area contributed by atoms with Crippen LogP contribution in [0.3, 0.4) is 0 Å². The van der Waals surface area contributed by atoms with Crippen LogP contribution in [0, 0.1) is 17.2 Å². The molecule has 3 rings (SSSR count). The molecule has 26 heavy (non-hydrogen) atoms. The fourth-order valence-electron chi connectivity index (χ4n) is 2.92. The highest BCUT2D eigenvalue weighted by Gasteiger charge is 2.22. The van der Waals surface area contributed by atoms with Crippen molar-refractivity contribution in [1.29, 1.82) is 5.26 Å². The summed E-state index contributed by atoms with van der Waals surface area (Å²) in [5.41, 5.74) is 8.58. The number of nitrogens with zero attached hydrogens (tertiary/aromatic N) is 1. The fourth-order valence-corrected chi connectivity index (χ4v) is 3.08. The molecule has 1 atom stereocenters. The van der Waals surface area contributed by atoms with Gasteiger partial charge in [-0.05, 0) is 35.7 Å². The van der Waals surface area contributed by atoms with Crippen LogP contribution >= 0.6 is 11.6 Å². The third kappa shape index (κ3) is 3.50. The Labute approximate surface area is 156 Å². The molecule has 0 amide bonds. The number of halogens is 1. The van der Waals surface area contributed by atoms with Crippen LogP contribution in [0.1, 0.15) is 42.3 Å². The molecule has 5 heteroatoms. The molecule has 1 aromatic heterocycles. The van der Waals surface area contributed by atoms with E-state index in [2.05, 4.69) is 6.07 Å². The Kier molecular flexibility index (Phi) is 5.13. The lowest BCUT2D eigenvalue weighted by Gasteiger charge is -2.19. The number of nitrogens with two attached hydrogens (primary N) is 1. The summed E-state index contributed by atoms with van der Waals surface area (Å²) in [7, 11) is 0. The van der Waals surface area contributed by atoms with Gasteiger partial charge in [-0.15, -0.1) is 0 Å². The molecule has 2 aromatic carbocycles. The lowest BCUT2D eigenvalue weighted by Crippen LogP contribution is -2.23. The first kappa shape index (κ1) is 18.2. The summed E-state index contributed by atoms with van der Waals surface area (Å²) in [5.74, 6) is 0.570. The van der Waals surface area contributed by atoms with Crippen molar-refractivity contribution >= 4 is 22.6 Å². The van der Waals surface area contributed by atoms with Crippen LogP contribution < -0.4 is 11.2 Å². The Balaban J connectivity index is 2.22. The zero-order valence-electron chi connectivity index (χ0n) is 14.6. The van der Waals surface area contributed by atoms with Gasteiger partial charge in [0.05, 0.1) is 23.1 Å². The van der Waals surface area contributed by atoms with Gasteiger partial charge in [-0.3, -0.25) is 4.79 Å². The van der Waals surface area contributed by atoms with E-state index in [-0.39, 0.29) is 11.3 Å². The minimum Gasteiger partial charge on any atom is -0.459 e. The van der Waals surface area contributed by atoms with Crippen LogP contribution in [-0.2, 0) is 6.42 Å². The molecule has 1 unspecified atom stereocenters. The second-order valence-corrected chi connectivity index (χ2v) is 7.11. The Morgan fingerprint density at radius 1 is 1.23 bits per heavy atom. The third-order valence-electron chi connectivity index (χ3n) is 4.44. The topological polar surface area (TPSA) is 80.0 Å². The van der Waals surface area contributed by atoms with E-state index >= 15 is 0 Å². The average Bonchev–Trinajstić information content (AvgIpc) is 2.63. The van der Waals surface area contributed by atoms with E-state index < -0.39 is 6.04 Å². The van der Waals surface area contributed by atoms with Crippen LogP contribution in [0.5, 0.6) is 0 Å². The van der Waals surface area contributed by atoms with E-state index in [9.17, 15) is 4.79 Å². The summed E-state index contributed by atoms with van der Waals surface area (Å²) >= 11 is 6.04. The zero-order valence-corrected chi connectivity index (χ0v) is 15.4. The van der Waals surface area contributed by atoms with Crippen molar-refractivity contribution < 1.29 is 4.42 Å². The maximum Gasteiger partial charge on any atom is 0.196 e. The molecular formula is C21H19ClN2O2. The summed E-state index contributed by atoms with van der Waals surface area (Å²) in [4.78, 5) is 13.1. The van der Waals surface area contributed by atoms with E-state index in [0.29, 0.717) is 39.3 Å². The van der Waals surface area contributed by atoms with E-state index in [4.69, 9.17) is 27.0 Å². The van der Waals surface area contributed by atoms with Gasteiger partial charge in [-0.1, -0.05) is 37.6 Å². The average molecular weight is 367 g/mol. The SMILES string of the molecule is CC(C)C(N)c1oc2cc(Cl)ccc2c(=O)c1Cc1cccc(C#N)c1. The molecular weight excluding hydrogens is 348 g/mol. The van der Waals surface area contributed by atoms with E-state index in [0.717, 1.165) is 5.56 Å². The predicted molar refractivity (Wildman–Crippen MR) is 103 cm³/mol. The van der Waals surface area contributed by atoms with E-state index in [1.54, 1.807) is 36.4 Å². The number of fused-ring (bicyclic) bond motifs is 1. The quantitative estimate of drug-likeness (QED) is 0.733. The van der Waals surface area contributed by atoms with Gasteiger partial charge in [0.15, 0.2) is 5.43 Å². The van der Waals surface area contributed by atoms with E-state index in [1.807, 2.05) is 19.9 Å². The summed E-state index contributed by atoms with van der Waals surface area (Å²) in [6.45, 7) is 3.96. The molecule has 0 aliphatic rings. The van der Waals surface area contributed by atoms with Crippen LogP contribution in [0.15, 0.2) is 51.7 Å². The van der Waals surface area contributed by atoms with Gasteiger partial charge in [0.25, 0.3) is 0 Å². The summed E-state index contributed by atoms with van der Waals surface area (Å²) in [6, 6.07) is 13.9. The fraction of sp³-hybridized carbons (Fsp3) is 0.238. The first-order valence-electron chi connectivity index (χ1n) is 8.40. The van der Waals surface area contributed by atoms with Crippen molar-refractivity contribution in [2.45, 2.75) is 26.3 Å². The normalized spacial score (nSPS) is 12.3. The molecule has 0 saturated carbocycles. The highest BCUT2D eigenvalue weighted by molar-refractivity contribution is 6.31. The first-order valence-corrected chi connectivity index (χ1v) is 8.78. The molecule has 1 heterocycles.